The zero-order chi connectivity index (χ0) is 50.6. The van der Waals surface area contributed by atoms with Gasteiger partial charge >= 0.3 is 17.9 Å². The van der Waals surface area contributed by atoms with E-state index in [4.69, 9.17) is 52.1 Å². The van der Waals surface area contributed by atoms with Crippen molar-refractivity contribution in [3.63, 3.8) is 0 Å². The molecular weight excluding hydrogens is 931 g/mol. The average molecular weight is 988 g/mol. The van der Waals surface area contributed by atoms with Crippen LogP contribution in [0.3, 0.4) is 0 Å². The van der Waals surface area contributed by atoms with E-state index in [1.807, 2.05) is 115 Å². The van der Waals surface area contributed by atoms with Crippen molar-refractivity contribution < 1.29 is 76.1 Å². The second-order valence-corrected chi connectivity index (χ2v) is 17.3. The standard InChI is InChI=1S/C55H57NO16/c1-34(57)64-33-45-47(68-35(2)58)49(69-36(3)59)46(56-52(60)42-22-14-15-23-43(42)53(56)61)54(70-45)72-48-44(32-63-28-40-24-26-41(62-4)27-25-40)71-55(67-31-39-20-12-7-13-21-39)51(66-30-38-18-10-6-11-19-38)50(48)65-29-37-16-8-5-9-17-37/h5-27,44-51,54-55H,28-33H2,1-4H3/t44-,45-,46-,47+,48-,49-,50+,51-,54+,55+/m1/s1. The molecule has 0 N–H and O–H groups in total. The predicted molar refractivity (Wildman–Crippen MR) is 255 cm³/mol. The summed E-state index contributed by atoms with van der Waals surface area (Å²) in [5.41, 5.74) is 3.44. The van der Waals surface area contributed by atoms with E-state index in [-0.39, 0.29) is 44.2 Å². The lowest BCUT2D eigenvalue weighted by atomic mass is 9.93. The van der Waals surface area contributed by atoms with Crippen LogP contribution >= 0.6 is 0 Å². The SMILES string of the molecule is COc1ccc(COC[C@H]2O[C@H](OCc3ccccc3)[C@H](OCc3ccccc3)[C@@H](OCc3ccccc3)[C@@H]2O[C@@H]2O[C@H](COC(C)=O)[C@H](OC(C)=O)[C@H](OC(C)=O)[C@H]2N2C(=O)c3ccccc3C2=O)cc1. The Balaban J connectivity index is 1.25. The summed E-state index contributed by atoms with van der Waals surface area (Å²) in [4.78, 5) is 68.4. The van der Waals surface area contributed by atoms with E-state index in [0.717, 1.165) is 41.0 Å². The van der Waals surface area contributed by atoms with E-state index in [1.54, 1.807) is 19.2 Å². The third kappa shape index (κ3) is 12.8. The Labute approximate surface area is 417 Å². The van der Waals surface area contributed by atoms with Crippen molar-refractivity contribution in [3.05, 3.63) is 173 Å². The lowest BCUT2D eigenvalue weighted by Gasteiger charge is -2.51. The zero-order valence-electron chi connectivity index (χ0n) is 40.3. The van der Waals surface area contributed by atoms with Crippen molar-refractivity contribution in [1.82, 2.24) is 4.90 Å². The maximum absolute atomic E-state index is 14.6. The first-order valence-corrected chi connectivity index (χ1v) is 23.6. The normalized spacial score (nSPS) is 24.8. The lowest BCUT2D eigenvalue weighted by Crippen LogP contribution is -2.70. The fourth-order valence-corrected chi connectivity index (χ4v) is 8.88. The first-order valence-electron chi connectivity index (χ1n) is 23.6. The largest absolute Gasteiger partial charge is 0.497 e. The molecule has 0 saturated carbocycles. The van der Waals surface area contributed by atoms with Crippen LogP contribution in [0.25, 0.3) is 0 Å². The summed E-state index contributed by atoms with van der Waals surface area (Å²) in [5, 5.41) is 0. The minimum atomic E-state index is -1.74. The summed E-state index contributed by atoms with van der Waals surface area (Å²) in [5.74, 6) is -3.23. The fraction of sp³-hybridized carbons (Fsp3) is 0.364. The fourth-order valence-electron chi connectivity index (χ4n) is 8.88. The number of hydrogen-bond acceptors (Lipinski definition) is 16. The summed E-state index contributed by atoms with van der Waals surface area (Å²) in [6.07, 6.45) is -12.0. The average Bonchev–Trinajstić information content (AvgIpc) is 3.63. The molecule has 17 heteroatoms. The first kappa shape index (κ1) is 51.5. The van der Waals surface area contributed by atoms with Gasteiger partial charge < -0.3 is 52.1 Å². The predicted octanol–water partition coefficient (Wildman–Crippen LogP) is 6.53. The van der Waals surface area contributed by atoms with Gasteiger partial charge in [-0.25, -0.2) is 0 Å². The number of methoxy groups -OCH3 is 1. The lowest BCUT2D eigenvalue weighted by molar-refractivity contribution is -0.363. The highest BCUT2D eigenvalue weighted by molar-refractivity contribution is 6.21. The van der Waals surface area contributed by atoms with E-state index >= 15 is 0 Å². The van der Waals surface area contributed by atoms with E-state index in [9.17, 15) is 24.0 Å². The van der Waals surface area contributed by atoms with Crippen molar-refractivity contribution in [1.29, 1.82) is 0 Å². The highest BCUT2D eigenvalue weighted by Crippen LogP contribution is 2.39. The third-order valence-corrected chi connectivity index (χ3v) is 12.2. The molecule has 17 nitrogen and oxygen atoms in total. The molecule has 0 spiro atoms. The molecule has 2 fully saturated rings. The topological polar surface area (TPSA) is 190 Å². The molecule has 72 heavy (non-hydrogen) atoms. The molecule has 0 bridgehead atoms. The number of ether oxygens (including phenoxy) is 11. The van der Waals surface area contributed by atoms with Gasteiger partial charge in [-0.15, -0.1) is 0 Å². The van der Waals surface area contributed by atoms with Crippen LogP contribution in [0.4, 0.5) is 0 Å². The Morgan fingerprint density at radius 1 is 0.486 bits per heavy atom. The van der Waals surface area contributed by atoms with Gasteiger partial charge in [0.25, 0.3) is 11.8 Å². The molecule has 2 amide bonds. The van der Waals surface area contributed by atoms with Gasteiger partial charge in [0.1, 0.15) is 48.9 Å². The van der Waals surface area contributed by atoms with Gasteiger partial charge in [0.05, 0.1) is 51.3 Å². The number of imide groups is 1. The summed E-state index contributed by atoms with van der Waals surface area (Å²) >= 11 is 0. The molecule has 378 valence electrons. The van der Waals surface area contributed by atoms with Crippen molar-refractivity contribution in [2.45, 2.75) is 109 Å². The van der Waals surface area contributed by atoms with Crippen LogP contribution in [0.1, 0.15) is 63.7 Å². The molecular formula is C55H57NO16. The van der Waals surface area contributed by atoms with E-state index in [0.29, 0.717) is 5.75 Å². The van der Waals surface area contributed by atoms with Gasteiger partial charge in [0.15, 0.2) is 24.8 Å². The van der Waals surface area contributed by atoms with Crippen LogP contribution in [0.2, 0.25) is 0 Å². The maximum atomic E-state index is 14.6. The Morgan fingerprint density at radius 2 is 0.958 bits per heavy atom. The third-order valence-electron chi connectivity index (χ3n) is 12.2. The van der Waals surface area contributed by atoms with Crippen molar-refractivity contribution in [2.24, 2.45) is 0 Å². The van der Waals surface area contributed by atoms with Crippen molar-refractivity contribution in [3.8, 4) is 5.75 Å². The molecule has 0 unspecified atom stereocenters. The Hall–Kier alpha value is -6.83. The van der Waals surface area contributed by atoms with E-state index in [2.05, 4.69) is 0 Å². The molecule has 2 saturated heterocycles. The monoisotopic (exact) mass is 987 g/mol. The number of nitrogens with zero attached hydrogens (tertiary/aromatic N) is 1. The smallest absolute Gasteiger partial charge is 0.303 e. The second kappa shape index (κ2) is 24.5. The number of carbonyl (C=O) groups is 5. The summed E-state index contributed by atoms with van der Waals surface area (Å²) < 4.78 is 70.1. The number of benzene rings is 5. The molecule has 5 aromatic rings. The van der Waals surface area contributed by atoms with Crippen molar-refractivity contribution in [2.75, 3.05) is 20.3 Å². The maximum Gasteiger partial charge on any atom is 0.303 e. The van der Waals surface area contributed by atoms with Gasteiger partial charge in [0, 0.05) is 20.8 Å². The number of carbonyl (C=O) groups excluding carboxylic acids is 5. The quantitative estimate of drug-likeness (QED) is 0.0438. The van der Waals surface area contributed by atoms with Gasteiger partial charge in [-0.3, -0.25) is 28.9 Å². The van der Waals surface area contributed by atoms with Crippen LogP contribution in [0.15, 0.2) is 140 Å². The van der Waals surface area contributed by atoms with E-state index in [1.165, 1.54) is 19.1 Å². The summed E-state index contributed by atoms with van der Waals surface area (Å²) in [6.45, 7) is 3.11. The van der Waals surface area contributed by atoms with Crippen LogP contribution in [-0.4, -0.2) is 116 Å². The van der Waals surface area contributed by atoms with Gasteiger partial charge in [0.2, 0.25) is 0 Å². The molecule has 3 heterocycles. The molecule has 10 atom stereocenters. The molecule has 0 aromatic heterocycles. The van der Waals surface area contributed by atoms with Crippen LogP contribution in [-0.2, 0) is 88.2 Å². The molecule has 0 aliphatic carbocycles. The molecule has 8 rings (SSSR count). The van der Waals surface area contributed by atoms with Gasteiger partial charge in [-0.05, 0) is 46.5 Å². The number of hydrogen-bond donors (Lipinski definition) is 0. The van der Waals surface area contributed by atoms with Gasteiger partial charge in [-0.2, -0.15) is 0 Å². The summed E-state index contributed by atoms with van der Waals surface area (Å²) in [7, 11) is 1.58. The van der Waals surface area contributed by atoms with Gasteiger partial charge in [-0.1, -0.05) is 115 Å². The number of esters is 3. The highest BCUT2D eigenvalue weighted by Gasteiger charge is 2.59. The van der Waals surface area contributed by atoms with Crippen LogP contribution in [0, 0.1) is 0 Å². The minimum Gasteiger partial charge on any atom is -0.497 e. The molecule has 5 aromatic carbocycles. The summed E-state index contributed by atoms with van der Waals surface area (Å²) in [6, 6.07) is 40.3. The second-order valence-electron chi connectivity index (χ2n) is 17.3. The number of fused-ring (bicyclic) bond motifs is 1. The van der Waals surface area contributed by atoms with E-state index < -0.39 is 97.7 Å². The zero-order valence-corrected chi connectivity index (χ0v) is 40.3. The van der Waals surface area contributed by atoms with Crippen LogP contribution < -0.4 is 4.74 Å². The number of rotatable bonds is 21. The minimum absolute atomic E-state index is 0.0361. The molecule has 0 radical (unpaired) electrons. The Bertz CT molecular complexity index is 2560. The van der Waals surface area contributed by atoms with Crippen LogP contribution in [0.5, 0.6) is 5.75 Å². The Morgan fingerprint density at radius 3 is 1.49 bits per heavy atom. The number of amides is 2. The highest BCUT2D eigenvalue weighted by atomic mass is 16.8. The Kier molecular flexibility index (Phi) is 17.6. The van der Waals surface area contributed by atoms with Crippen molar-refractivity contribution >= 4 is 29.7 Å². The first-order chi connectivity index (χ1) is 35.0. The molecule has 3 aliphatic rings. The molecule has 3 aliphatic heterocycles.